The van der Waals surface area contributed by atoms with Crippen molar-refractivity contribution in [2.24, 2.45) is 0 Å². The van der Waals surface area contributed by atoms with Gasteiger partial charge in [-0.1, -0.05) is 60.1 Å². The number of rotatable bonds is 8. The van der Waals surface area contributed by atoms with Gasteiger partial charge in [0.05, 0.1) is 5.56 Å². The van der Waals surface area contributed by atoms with E-state index in [0.717, 1.165) is 31.7 Å². The fraction of sp³-hybridized carbons (Fsp3) is 0.259. The molecule has 2 N–H and O–H groups in total. The van der Waals surface area contributed by atoms with E-state index in [4.69, 9.17) is 16.3 Å². The van der Waals surface area contributed by atoms with Crippen molar-refractivity contribution in [3.8, 4) is 5.75 Å². The smallest absolute Gasteiger partial charge is 0.273 e. The zero-order valence-corrected chi connectivity index (χ0v) is 20.2. The number of hydrazine groups is 1. The van der Waals surface area contributed by atoms with Crippen LogP contribution in [-0.2, 0) is 11.4 Å². The Kier molecular flexibility index (Phi) is 8.59. The van der Waals surface area contributed by atoms with Crippen molar-refractivity contribution in [1.82, 2.24) is 15.8 Å². The molecule has 1 aliphatic heterocycles. The number of ether oxygens (including phenoxy) is 1. The summed E-state index contributed by atoms with van der Waals surface area (Å²) in [5, 5.41) is 0.600. The highest BCUT2D eigenvalue weighted by Gasteiger charge is 2.18. The molecular formula is C27H29ClN4O3. The van der Waals surface area contributed by atoms with E-state index >= 15 is 0 Å². The molecule has 8 heteroatoms. The van der Waals surface area contributed by atoms with Gasteiger partial charge in [0.1, 0.15) is 12.4 Å². The molecule has 0 saturated carbocycles. The van der Waals surface area contributed by atoms with Crippen molar-refractivity contribution < 1.29 is 14.3 Å². The first-order chi connectivity index (χ1) is 17.1. The lowest BCUT2D eigenvalue weighted by Crippen LogP contribution is -2.48. The summed E-state index contributed by atoms with van der Waals surface area (Å²) >= 11 is 6.19. The van der Waals surface area contributed by atoms with E-state index in [9.17, 15) is 9.59 Å². The van der Waals surface area contributed by atoms with Crippen LogP contribution in [0, 0.1) is 0 Å². The van der Waals surface area contributed by atoms with Crippen LogP contribution >= 0.6 is 11.6 Å². The molecule has 3 aromatic rings. The molecule has 35 heavy (non-hydrogen) atoms. The van der Waals surface area contributed by atoms with Crippen molar-refractivity contribution in [3.05, 3.63) is 95.0 Å². The van der Waals surface area contributed by atoms with Gasteiger partial charge in [-0.2, -0.15) is 0 Å². The molecule has 3 aromatic carbocycles. The van der Waals surface area contributed by atoms with Crippen LogP contribution in [0.5, 0.6) is 5.75 Å². The largest absolute Gasteiger partial charge is 0.488 e. The number of piperazine rings is 1. The Labute approximate surface area is 210 Å². The summed E-state index contributed by atoms with van der Waals surface area (Å²) in [4.78, 5) is 29.6. The second kappa shape index (κ2) is 12.2. The summed E-state index contributed by atoms with van der Waals surface area (Å²) in [6.45, 7) is 4.51. The van der Waals surface area contributed by atoms with E-state index in [2.05, 4.69) is 32.8 Å². The number of nitrogens with one attached hydrogen (secondary N) is 2. The molecule has 2 amide bonds. The SMILES string of the molecule is O=C(CCN1CCN(c2ccccc2)CC1)NNC(=O)c1ccccc1OCc1ccccc1Cl. The van der Waals surface area contributed by atoms with Crippen LogP contribution in [0.1, 0.15) is 22.3 Å². The molecule has 0 unspecified atom stereocenters. The highest BCUT2D eigenvalue weighted by Crippen LogP contribution is 2.22. The van der Waals surface area contributed by atoms with Crippen LogP contribution in [0.2, 0.25) is 5.02 Å². The first-order valence-corrected chi connectivity index (χ1v) is 12.0. The van der Waals surface area contributed by atoms with Gasteiger partial charge in [0.2, 0.25) is 5.91 Å². The quantitative estimate of drug-likeness (QED) is 0.467. The maximum Gasteiger partial charge on any atom is 0.273 e. The third kappa shape index (κ3) is 6.97. The first kappa shape index (κ1) is 24.6. The van der Waals surface area contributed by atoms with Crippen molar-refractivity contribution in [2.75, 3.05) is 37.6 Å². The predicted molar refractivity (Wildman–Crippen MR) is 138 cm³/mol. The van der Waals surface area contributed by atoms with Crippen LogP contribution in [0.15, 0.2) is 78.9 Å². The summed E-state index contributed by atoms with van der Waals surface area (Å²) in [5.74, 6) is -0.265. The number of nitrogens with zero attached hydrogens (tertiary/aromatic N) is 2. The minimum atomic E-state index is -0.440. The van der Waals surface area contributed by atoms with Gasteiger partial charge in [0.25, 0.3) is 5.91 Å². The third-order valence-electron chi connectivity index (χ3n) is 5.94. The van der Waals surface area contributed by atoms with Gasteiger partial charge in [0.15, 0.2) is 0 Å². The molecule has 1 aliphatic rings. The number of amides is 2. The number of hydrogen-bond donors (Lipinski definition) is 2. The zero-order valence-electron chi connectivity index (χ0n) is 19.5. The first-order valence-electron chi connectivity index (χ1n) is 11.7. The Morgan fingerprint density at radius 1 is 0.829 bits per heavy atom. The lowest BCUT2D eigenvalue weighted by molar-refractivity contribution is -0.122. The van der Waals surface area contributed by atoms with Crippen LogP contribution in [0.3, 0.4) is 0 Å². The Balaban J connectivity index is 1.20. The number of hydrogen-bond acceptors (Lipinski definition) is 5. The molecule has 0 bridgehead atoms. The number of benzene rings is 3. The number of anilines is 1. The lowest BCUT2D eigenvalue weighted by Gasteiger charge is -2.36. The molecule has 0 spiro atoms. The third-order valence-corrected chi connectivity index (χ3v) is 6.31. The van der Waals surface area contributed by atoms with Gasteiger partial charge in [-0.25, -0.2) is 0 Å². The average Bonchev–Trinajstić information content (AvgIpc) is 2.91. The Morgan fingerprint density at radius 3 is 2.29 bits per heavy atom. The van der Waals surface area contributed by atoms with Crippen molar-refractivity contribution >= 4 is 29.1 Å². The summed E-state index contributed by atoms with van der Waals surface area (Å²) in [5.41, 5.74) is 7.38. The molecule has 0 radical (unpaired) electrons. The normalized spacial score (nSPS) is 13.8. The van der Waals surface area contributed by atoms with Crippen molar-refractivity contribution in [3.63, 3.8) is 0 Å². The highest BCUT2D eigenvalue weighted by molar-refractivity contribution is 6.31. The average molecular weight is 493 g/mol. The maximum atomic E-state index is 12.7. The highest BCUT2D eigenvalue weighted by atomic mass is 35.5. The minimum absolute atomic E-state index is 0.230. The monoisotopic (exact) mass is 492 g/mol. The second-order valence-electron chi connectivity index (χ2n) is 8.29. The molecule has 182 valence electrons. The topological polar surface area (TPSA) is 73.9 Å². The van der Waals surface area contributed by atoms with E-state index in [1.807, 2.05) is 36.4 Å². The molecule has 0 aromatic heterocycles. The fourth-order valence-corrected chi connectivity index (χ4v) is 4.13. The molecule has 1 fully saturated rings. The predicted octanol–water partition coefficient (Wildman–Crippen LogP) is 3.89. The number of carbonyl (C=O) groups excluding carboxylic acids is 2. The van der Waals surface area contributed by atoms with Crippen LogP contribution in [0.25, 0.3) is 0 Å². The Morgan fingerprint density at radius 2 is 1.51 bits per heavy atom. The Hall–Kier alpha value is -3.55. The number of halogens is 1. The molecular weight excluding hydrogens is 464 g/mol. The van der Waals surface area contributed by atoms with E-state index in [0.29, 0.717) is 29.3 Å². The van der Waals surface area contributed by atoms with Crippen molar-refractivity contribution in [2.45, 2.75) is 13.0 Å². The van der Waals surface area contributed by atoms with Crippen LogP contribution in [0.4, 0.5) is 5.69 Å². The molecule has 0 aliphatic carbocycles. The second-order valence-corrected chi connectivity index (χ2v) is 8.70. The zero-order chi connectivity index (χ0) is 24.5. The van der Waals surface area contributed by atoms with E-state index in [1.54, 1.807) is 30.3 Å². The van der Waals surface area contributed by atoms with Gasteiger partial charge in [0, 0.05) is 55.4 Å². The van der Waals surface area contributed by atoms with Gasteiger partial charge in [-0.15, -0.1) is 0 Å². The fourth-order valence-electron chi connectivity index (χ4n) is 3.94. The van der Waals surface area contributed by atoms with Crippen molar-refractivity contribution in [1.29, 1.82) is 0 Å². The number of carbonyl (C=O) groups is 2. The summed E-state index contributed by atoms with van der Waals surface area (Å²) in [6, 6.07) is 24.6. The van der Waals surface area contributed by atoms with Gasteiger partial charge in [-0.05, 0) is 30.3 Å². The minimum Gasteiger partial charge on any atom is -0.488 e. The summed E-state index contributed by atoms with van der Waals surface area (Å²) in [6.07, 6.45) is 0.302. The van der Waals surface area contributed by atoms with E-state index in [-0.39, 0.29) is 12.5 Å². The molecule has 4 rings (SSSR count). The van der Waals surface area contributed by atoms with E-state index in [1.165, 1.54) is 5.69 Å². The maximum absolute atomic E-state index is 12.7. The summed E-state index contributed by atoms with van der Waals surface area (Å²) < 4.78 is 5.83. The van der Waals surface area contributed by atoms with Crippen LogP contribution in [-0.4, -0.2) is 49.4 Å². The van der Waals surface area contributed by atoms with Gasteiger partial charge < -0.3 is 9.64 Å². The standard InChI is InChI=1S/C27H29ClN4O3/c28-24-12-6-4-8-21(24)20-35-25-13-7-5-11-23(25)27(34)30-29-26(33)14-15-31-16-18-32(19-17-31)22-9-2-1-3-10-22/h1-13H,14-20H2,(H,29,33)(H,30,34). The van der Waals surface area contributed by atoms with Gasteiger partial charge in [-0.3, -0.25) is 25.3 Å². The molecule has 1 saturated heterocycles. The molecule has 7 nitrogen and oxygen atoms in total. The summed E-state index contributed by atoms with van der Waals surface area (Å²) in [7, 11) is 0. The Bertz CT molecular complexity index is 1130. The lowest BCUT2D eigenvalue weighted by atomic mass is 10.2. The van der Waals surface area contributed by atoms with E-state index < -0.39 is 5.91 Å². The van der Waals surface area contributed by atoms with Gasteiger partial charge >= 0.3 is 0 Å². The molecule has 1 heterocycles. The van der Waals surface area contributed by atoms with Crippen LogP contribution < -0.4 is 20.5 Å². The molecule has 0 atom stereocenters. The number of para-hydroxylation sites is 2.